The molecule has 0 amide bonds. The molecule has 3 unspecified atom stereocenters. The number of carbonyl (C=O) groups is 2. The van der Waals surface area contributed by atoms with Crippen molar-refractivity contribution in [1.82, 2.24) is 0 Å². The standard InChI is InChI=1S/C15H20O3/c1-6-15(5,18)8-7-11-10(2)13(17)12(16)9-14(11,3)4/h6,10-11,18H,1,9H2,2-5H3. The van der Waals surface area contributed by atoms with E-state index in [4.69, 9.17) is 0 Å². The number of rotatable bonds is 1. The molecule has 1 aliphatic rings. The number of hydrogen-bond donors (Lipinski definition) is 1. The Morgan fingerprint density at radius 3 is 2.56 bits per heavy atom. The molecule has 0 radical (unpaired) electrons. The minimum atomic E-state index is -1.26. The molecule has 3 nitrogen and oxygen atoms in total. The summed E-state index contributed by atoms with van der Waals surface area (Å²) in [6.45, 7) is 10.6. The Morgan fingerprint density at radius 1 is 1.50 bits per heavy atom. The molecule has 0 spiro atoms. The van der Waals surface area contributed by atoms with E-state index in [1.165, 1.54) is 6.08 Å². The molecule has 98 valence electrons. The fraction of sp³-hybridized carbons (Fsp3) is 0.600. The molecule has 0 aliphatic heterocycles. The number of ketones is 2. The molecule has 3 atom stereocenters. The average molecular weight is 248 g/mol. The molecule has 1 aliphatic carbocycles. The lowest BCUT2D eigenvalue weighted by atomic mass is 9.63. The molecule has 0 bridgehead atoms. The van der Waals surface area contributed by atoms with E-state index in [-0.39, 0.29) is 29.3 Å². The van der Waals surface area contributed by atoms with E-state index in [2.05, 4.69) is 18.4 Å². The number of carbonyl (C=O) groups excluding carboxylic acids is 2. The van der Waals surface area contributed by atoms with Crippen molar-refractivity contribution >= 4 is 11.6 Å². The molecule has 3 heteroatoms. The highest BCUT2D eigenvalue weighted by atomic mass is 16.3. The van der Waals surface area contributed by atoms with Gasteiger partial charge in [-0.15, -0.1) is 0 Å². The van der Waals surface area contributed by atoms with Crippen LogP contribution < -0.4 is 0 Å². The highest BCUT2D eigenvalue weighted by Gasteiger charge is 2.45. The van der Waals surface area contributed by atoms with Gasteiger partial charge in [0.25, 0.3) is 0 Å². The first kappa shape index (κ1) is 14.7. The Hall–Kier alpha value is -1.40. The maximum atomic E-state index is 11.7. The number of Topliss-reactive ketones (excluding diaryl/α,β-unsaturated/α-hetero) is 2. The molecule has 0 aromatic carbocycles. The zero-order valence-corrected chi connectivity index (χ0v) is 11.4. The summed E-state index contributed by atoms with van der Waals surface area (Å²) in [5.41, 5.74) is -1.62. The van der Waals surface area contributed by atoms with Gasteiger partial charge < -0.3 is 5.11 Å². The fourth-order valence-corrected chi connectivity index (χ4v) is 2.29. The van der Waals surface area contributed by atoms with Crippen LogP contribution in [0.1, 0.15) is 34.1 Å². The summed E-state index contributed by atoms with van der Waals surface area (Å²) in [6.07, 6.45) is 1.57. The zero-order valence-electron chi connectivity index (χ0n) is 11.4. The van der Waals surface area contributed by atoms with Crippen LogP contribution in [0.2, 0.25) is 0 Å². The van der Waals surface area contributed by atoms with Gasteiger partial charge in [0.15, 0.2) is 5.78 Å². The minimum absolute atomic E-state index is 0.214. The number of hydrogen-bond acceptors (Lipinski definition) is 3. The van der Waals surface area contributed by atoms with Crippen LogP contribution in [0.4, 0.5) is 0 Å². The normalized spacial score (nSPS) is 30.1. The van der Waals surface area contributed by atoms with Crippen molar-refractivity contribution in [2.45, 2.75) is 39.7 Å². The van der Waals surface area contributed by atoms with Crippen molar-refractivity contribution < 1.29 is 14.7 Å². The summed E-state index contributed by atoms with van der Waals surface area (Å²) in [6, 6.07) is 0. The molecule has 1 N–H and O–H groups in total. The van der Waals surface area contributed by atoms with Gasteiger partial charge in [-0.2, -0.15) is 0 Å². The lowest BCUT2D eigenvalue weighted by Crippen LogP contribution is -2.44. The van der Waals surface area contributed by atoms with Crippen molar-refractivity contribution in [2.75, 3.05) is 0 Å². The summed E-state index contributed by atoms with van der Waals surface area (Å²) >= 11 is 0. The van der Waals surface area contributed by atoms with E-state index in [1.807, 2.05) is 13.8 Å². The second-order valence-electron chi connectivity index (χ2n) is 5.84. The molecule has 1 rings (SSSR count). The van der Waals surface area contributed by atoms with E-state index >= 15 is 0 Å². The minimum Gasteiger partial charge on any atom is -0.374 e. The van der Waals surface area contributed by atoms with Crippen molar-refractivity contribution in [2.24, 2.45) is 17.3 Å². The van der Waals surface area contributed by atoms with Gasteiger partial charge in [-0.3, -0.25) is 9.59 Å². The van der Waals surface area contributed by atoms with Gasteiger partial charge in [0.05, 0.1) is 0 Å². The lowest BCUT2D eigenvalue weighted by molar-refractivity contribution is -0.145. The third-order valence-corrected chi connectivity index (χ3v) is 3.52. The van der Waals surface area contributed by atoms with Crippen LogP contribution >= 0.6 is 0 Å². The third-order valence-electron chi connectivity index (χ3n) is 3.52. The van der Waals surface area contributed by atoms with Gasteiger partial charge in [-0.25, -0.2) is 0 Å². The Morgan fingerprint density at radius 2 is 2.06 bits per heavy atom. The second-order valence-corrected chi connectivity index (χ2v) is 5.84. The molecule has 1 fully saturated rings. The maximum absolute atomic E-state index is 11.7. The molecule has 0 saturated heterocycles. The molecule has 0 aromatic heterocycles. The van der Waals surface area contributed by atoms with Crippen LogP contribution in [-0.2, 0) is 9.59 Å². The smallest absolute Gasteiger partial charge is 0.202 e. The average Bonchev–Trinajstić information content (AvgIpc) is 2.25. The summed E-state index contributed by atoms with van der Waals surface area (Å²) in [4.78, 5) is 23.3. The summed E-state index contributed by atoms with van der Waals surface area (Å²) < 4.78 is 0. The first-order chi connectivity index (χ1) is 8.10. The number of aliphatic hydroxyl groups is 1. The van der Waals surface area contributed by atoms with Crippen LogP contribution in [0.15, 0.2) is 12.7 Å². The first-order valence-corrected chi connectivity index (χ1v) is 6.06. The van der Waals surface area contributed by atoms with Crippen LogP contribution in [0.3, 0.4) is 0 Å². The summed E-state index contributed by atoms with van der Waals surface area (Å²) in [7, 11) is 0. The van der Waals surface area contributed by atoms with Crippen LogP contribution in [0.25, 0.3) is 0 Å². The van der Waals surface area contributed by atoms with Crippen molar-refractivity contribution in [3.63, 3.8) is 0 Å². The fourth-order valence-electron chi connectivity index (χ4n) is 2.29. The summed E-state index contributed by atoms with van der Waals surface area (Å²) in [5, 5.41) is 9.78. The second kappa shape index (κ2) is 4.70. The largest absolute Gasteiger partial charge is 0.374 e. The Balaban J connectivity index is 3.09. The molecule has 0 aromatic rings. The van der Waals surface area contributed by atoms with Gasteiger partial charge in [0.1, 0.15) is 5.60 Å². The maximum Gasteiger partial charge on any atom is 0.202 e. The van der Waals surface area contributed by atoms with Gasteiger partial charge >= 0.3 is 0 Å². The van der Waals surface area contributed by atoms with E-state index in [9.17, 15) is 14.7 Å². The molecule has 18 heavy (non-hydrogen) atoms. The monoisotopic (exact) mass is 248 g/mol. The Labute approximate surface area is 108 Å². The van der Waals surface area contributed by atoms with Crippen LogP contribution in [0, 0.1) is 29.1 Å². The van der Waals surface area contributed by atoms with E-state index in [0.717, 1.165) is 0 Å². The predicted octanol–water partition coefficient (Wildman–Crippen LogP) is 1.75. The van der Waals surface area contributed by atoms with Gasteiger partial charge in [0, 0.05) is 18.3 Å². The topological polar surface area (TPSA) is 54.4 Å². The molecular formula is C15H20O3. The Bertz CT molecular complexity index is 446. The van der Waals surface area contributed by atoms with Crippen LogP contribution in [-0.4, -0.2) is 22.3 Å². The highest BCUT2D eigenvalue weighted by molar-refractivity contribution is 6.38. The SMILES string of the molecule is C=CC(C)(O)C#CC1C(C)C(=O)C(=O)CC1(C)C. The van der Waals surface area contributed by atoms with Gasteiger partial charge in [0.2, 0.25) is 5.78 Å². The molecule has 0 heterocycles. The third kappa shape index (κ3) is 2.88. The quantitative estimate of drug-likeness (QED) is 0.437. The zero-order chi connectivity index (χ0) is 14.1. The van der Waals surface area contributed by atoms with Crippen molar-refractivity contribution in [3.05, 3.63) is 12.7 Å². The van der Waals surface area contributed by atoms with Gasteiger partial charge in [-0.05, 0) is 18.4 Å². The lowest BCUT2D eigenvalue weighted by Gasteiger charge is -2.38. The van der Waals surface area contributed by atoms with E-state index < -0.39 is 11.5 Å². The van der Waals surface area contributed by atoms with E-state index in [0.29, 0.717) is 0 Å². The van der Waals surface area contributed by atoms with Crippen LogP contribution in [0.5, 0.6) is 0 Å². The Kier molecular flexibility index (Phi) is 3.83. The summed E-state index contributed by atoms with van der Waals surface area (Å²) in [5.74, 6) is 4.36. The molecular weight excluding hydrogens is 228 g/mol. The molecule has 1 saturated carbocycles. The van der Waals surface area contributed by atoms with Gasteiger partial charge in [-0.1, -0.05) is 39.2 Å². The van der Waals surface area contributed by atoms with Crippen molar-refractivity contribution in [3.8, 4) is 11.8 Å². The highest BCUT2D eigenvalue weighted by Crippen LogP contribution is 2.40. The van der Waals surface area contributed by atoms with Crippen molar-refractivity contribution in [1.29, 1.82) is 0 Å². The van der Waals surface area contributed by atoms with E-state index in [1.54, 1.807) is 13.8 Å². The predicted molar refractivity (Wildman–Crippen MR) is 69.7 cm³/mol. The first-order valence-electron chi connectivity index (χ1n) is 6.06.